The molecule has 5 nitrogen and oxygen atoms in total. The van der Waals surface area contributed by atoms with Crippen molar-refractivity contribution in [2.45, 2.75) is 25.5 Å². The lowest BCUT2D eigenvalue weighted by Gasteiger charge is -2.17. The van der Waals surface area contributed by atoms with Gasteiger partial charge in [-0.3, -0.25) is 9.59 Å². The van der Waals surface area contributed by atoms with Crippen LogP contribution in [0, 0.1) is 0 Å². The van der Waals surface area contributed by atoms with Crippen molar-refractivity contribution >= 4 is 35.0 Å². The van der Waals surface area contributed by atoms with E-state index in [1.165, 1.54) is 0 Å². The van der Waals surface area contributed by atoms with E-state index in [1.807, 2.05) is 0 Å². The van der Waals surface area contributed by atoms with E-state index in [1.54, 1.807) is 67.4 Å². The van der Waals surface area contributed by atoms with E-state index in [-0.39, 0.29) is 16.6 Å². The molecule has 6 heteroatoms. The van der Waals surface area contributed by atoms with Crippen molar-refractivity contribution in [3.8, 4) is 5.75 Å². The van der Waals surface area contributed by atoms with Gasteiger partial charge in [-0.15, -0.1) is 11.8 Å². The minimum atomic E-state index is -0.212. The van der Waals surface area contributed by atoms with Crippen molar-refractivity contribution in [3.63, 3.8) is 0 Å². The van der Waals surface area contributed by atoms with E-state index < -0.39 is 0 Å². The molecule has 0 aromatic heterocycles. The molecule has 2 rings (SSSR count). The fourth-order valence-corrected chi connectivity index (χ4v) is 2.70. The first-order chi connectivity index (χ1) is 12.3. The molecule has 0 spiro atoms. The van der Waals surface area contributed by atoms with Crippen LogP contribution in [0.2, 0.25) is 0 Å². The lowest BCUT2D eigenvalue weighted by atomic mass is 10.2. The zero-order chi connectivity index (χ0) is 19.2. The van der Waals surface area contributed by atoms with Crippen molar-refractivity contribution in [2.24, 2.45) is 0 Å². The number of hydrogen-bond acceptors (Lipinski definition) is 4. The van der Waals surface area contributed by atoms with Gasteiger partial charge in [0, 0.05) is 21.7 Å². The van der Waals surface area contributed by atoms with E-state index in [0.717, 1.165) is 5.75 Å². The Bertz CT molecular complexity index is 750. The maximum Gasteiger partial charge on any atom is 0.255 e. The summed E-state index contributed by atoms with van der Waals surface area (Å²) in [5.41, 5.74) is 1.88. The Morgan fingerprint density at radius 2 is 1.46 bits per heavy atom. The number of rotatable bonds is 6. The third-order valence-electron chi connectivity index (χ3n) is 3.42. The highest BCUT2D eigenvalue weighted by molar-refractivity contribution is 8.01. The van der Waals surface area contributed by atoms with Crippen LogP contribution in [0.4, 0.5) is 11.4 Å². The average molecular weight is 372 g/mol. The van der Waals surface area contributed by atoms with Gasteiger partial charge >= 0.3 is 0 Å². The lowest BCUT2D eigenvalue weighted by molar-refractivity contribution is -0.113. The van der Waals surface area contributed by atoms with Crippen LogP contribution in [0.15, 0.2) is 48.5 Å². The number of ether oxygens (including phenoxy) is 1. The van der Waals surface area contributed by atoms with Gasteiger partial charge in [-0.25, -0.2) is 0 Å². The number of hydrogen-bond donors (Lipinski definition) is 2. The molecule has 2 N–H and O–H groups in total. The molecule has 0 aliphatic carbocycles. The summed E-state index contributed by atoms with van der Waals surface area (Å²) in [5.74, 6) is 0.854. The number of nitrogens with one attached hydrogen (secondary N) is 2. The summed E-state index contributed by atoms with van der Waals surface area (Å²) < 4.78 is 5.13. The van der Waals surface area contributed by atoms with Crippen molar-refractivity contribution < 1.29 is 14.3 Å². The van der Waals surface area contributed by atoms with Crippen LogP contribution >= 0.6 is 11.8 Å². The molecule has 0 saturated heterocycles. The number of carbonyl (C=O) groups is 2. The Hall–Kier alpha value is -2.47. The molecule has 0 fully saturated rings. The minimum absolute atomic E-state index is 0.0424. The van der Waals surface area contributed by atoms with Crippen molar-refractivity contribution in [1.29, 1.82) is 0 Å². The zero-order valence-electron chi connectivity index (χ0n) is 15.5. The van der Waals surface area contributed by atoms with Crippen molar-refractivity contribution in [3.05, 3.63) is 54.1 Å². The van der Waals surface area contributed by atoms with Gasteiger partial charge in [0.2, 0.25) is 5.91 Å². The second-order valence-electron chi connectivity index (χ2n) is 6.71. The standard InChI is InChI=1S/C20H24N2O3S/c1-20(2,3)26-13-18(23)21-15-7-5-14(6-8-15)19(24)22-16-9-11-17(25-4)12-10-16/h5-12H,13H2,1-4H3,(H,21,23)(H,22,24). The van der Waals surface area contributed by atoms with Gasteiger partial charge in [-0.1, -0.05) is 20.8 Å². The van der Waals surface area contributed by atoms with E-state index in [0.29, 0.717) is 22.7 Å². The molecule has 2 aromatic rings. The van der Waals surface area contributed by atoms with Gasteiger partial charge in [0.05, 0.1) is 12.9 Å². The summed E-state index contributed by atoms with van der Waals surface area (Å²) in [6, 6.07) is 13.9. The second-order valence-corrected chi connectivity index (χ2v) is 8.51. The predicted octanol–water partition coefficient (Wildman–Crippen LogP) is 4.42. The summed E-state index contributed by atoms with van der Waals surface area (Å²) >= 11 is 1.59. The normalized spacial score (nSPS) is 10.9. The maximum atomic E-state index is 12.3. The highest BCUT2D eigenvalue weighted by Crippen LogP contribution is 2.23. The van der Waals surface area contributed by atoms with Crippen LogP contribution in [-0.2, 0) is 4.79 Å². The summed E-state index contributed by atoms with van der Waals surface area (Å²) in [7, 11) is 1.59. The first kappa shape index (κ1) is 19.8. The molecule has 138 valence electrons. The maximum absolute atomic E-state index is 12.3. The lowest BCUT2D eigenvalue weighted by Crippen LogP contribution is -2.19. The molecule has 0 aliphatic heterocycles. The molecule has 0 atom stereocenters. The quantitative estimate of drug-likeness (QED) is 0.788. The van der Waals surface area contributed by atoms with Gasteiger partial charge in [0.1, 0.15) is 5.75 Å². The third kappa shape index (κ3) is 6.44. The third-order valence-corrected chi connectivity index (χ3v) is 4.69. The Balaban J connectivity index is 1.91. The minimum Gasteiger partial charge on any atom is -0.497 e. The molecule has 0 heterocycles. The number of methoxy groups -OCH3 is 1. The Kier molecular flexibility index (Phi) is 6.69. The number of carbonyl (C=O) groups excluding carboxylic acids is 2. The molecule has 0 unspecified atom stereocenters. The van der Waals surface area contributed by atoms with Gasteiger partial charge in [0.25, 0.3) is 5.91 Å². The van der Waals surface area contributed by atoms with Gasteiger partial charge in [0.15, 0.2) is 0 Å². The number of thioether (sulfide) groups is 1. The topological polar surface area (TPSA) is 67.4 Å². The molecule has 0 aliphatic rings. The molecule has 26 heavy (non-hydrogen) atoms. The molecule has 0 bridgehead atoms. The van der Waals surface area contributed by atoms with Crippen LogP contribution in [0.3, 0.4) is 0 Å². The van der Waals surface area contributed by atoms with Gasteiger partial charge in [-0.05, 0) is 48.5 Å². The first-order valence-corrected chi connectivity index (χ1v) is 9.25. The largest absolute Gasteiger partial charge is 0.497 e. The number of amides is 2. The Morgan fingerprint density at radius 3 is 2.00 bits per heavy atom. The molecular formula is C20H24N2O3S. The van der Waals surface area contributed by atoms with E-state index >= 15 is 0 Å². The second kappa shape index (κ2) is 8.76. The smallest absolute Gasteiger partial charge is 0.255 e. The van der Waals surface area contributed by atoms with Crippen molar-refractivity contribution in [1.82, 2.24) is 0 Å². The van der Waals surface area contributed by atoms with Crippen molar-refractivity contribution in [2.75, 3.05) is 23.5 Å². The van der Waals surface area contributed by atoms with E-state index in [2.05, 4.69) is 31.4 Å². The average Bonchev–Trinajstić information content (AvgIpc) is 2.60. The molecule has 0 radical (unpaired) electrons. The van der Waals surface area contributed by atoms with E-state index in [9.17, 15) is 9.59 Å². The fourth-order valence-electron chi connectivity index (χ4n) is 2.06. The SMILES string of the molecule is COc1ccc(NC(=O)c2ccc(NC(=O)CSC(C)(C)C)cc2)cc1. The molecule has 2 aromatic carbocycles. The molecular weight excluding hydrogens is 348 g/mol. The summed E-state index contributed by atoms with van der Waals surface area (Å²) in [4.78, 5) is 24.2. The van der Waals surface area contributed by atoms with Gasteiger partial charge in [-0.2, -0.15) is 0 Å². The van der Waals surface area contributed by atoms with Crippen LogP contribution in [0.5, 0.6) is 5.75 Å². The molecule has 2 amide bonds. The number of benzene rings is 2. The first-order valence-electron chi connectivity index (χ1n) is 8.26. The Morgan fingerprint density at radius 1 is 0.923 bits per heavy atom. The number of anilines is 2. The zero-order valence-corrected chi connectivity index (χ0v) is 16.3. The summed E-state index contributed by atoms with van der Waals surface area (Å²) in [6.07, 6.45) is 0. The molecule has 0 saturated carbocycles. The monoisotopic (exact) mass is 372 g/mol. The van der Waals surface area contributed by atoms with Crippen LogP contribution in [0.25, 0.3) is 0 Å². The van der Waals surface area contributed by atoms with Crippen LogP contribution in [0.1, 0.15) is 31.1 Å². The predicted molar refractivity (Wildman–Crippen MR) is 108 cm³/mol. The van der Waals surface area contributed by atoms with Crippen LogP contribution in [-0.4, -0.2) is 29.4 Å². The summed E-state index contributed by atoms with van der Waals surface area (Å²) in [6.45, 7) is 6.21. The Labute approximate surface area is 158 Å². The van der Waals surface area contributed by atoms with E-state index in [4.69, 9.17) is 4.74 Å². The highest BCUT2D eigenvalue weighted by atomic mass is 32.2. The van der Waals surface area contributed by atoms with Crippen LogP contribution < -0.4 is 15.4 Å². The highest BCUT2D eigenvalue weighted by Gasteiger charge is 2.13. The summed E-state index contributed by atoms with van der Waals surface area (Å²) in [5, 5.41) is 5.66. The van der Waals surface area contributed by atoms with Gasteiger partial charge < -0.3 is 15.4 Å². The fraction of sp³-hybridized carbons (Fsp3) is 0.300.